The number of benzene rings is 3. The van der Waals surface area contributed by atoms with E-state index in [1.165, 1.54) is 12.3 Å². The first kappa shape index (κ1) is 19.8. The van der Waals surface area contributed by atoms with Gasteiger partial charge in [-0.25, -0.2) is 10.2 Å². The molecule has 0 aliphatic heterocycles. The average molecular weight is 384 g/mol. The fourth-order valence-corrected chi connectivity index (χ4v) is 2.56. The van der Waals surface area contributed by atoms with Gasteiger partial charge in [-0.05, 0) is 42.8 Å². The lowest BCUT2D eigenvalue weighted by Crippen LogP contribution is -2.17. The number of nitrogens with one attached hydrogen (secondary N) is 1. The minimum atomic E-state index is -0.501. The summed E-state index contributed by atoms with van der Waals surface area (Å²) in [6.45, 7) is 1.91. The van der Waals surface area contributed by atoms with Gasteiger partial charge >= 0.3 is 5.97 Å². The molecular weight excluding hydrogens is 364 g/mol. The van der Waals surface area contributed by atoms with Gasteiger partial charge in [0.1, 0.15) is 5.75 Å². The number of esters is 1. The summed E-state index contributed by atoms with van der Waals surface area (Å²) in [6, 6.07) is 23.6. The molecule has 0 bridgehead atoms. The van der Waals surface area contributed by atoms with Crippen molar-refractivity contribution in [3.63, 3.8) is 0 Å². The summed E-state index contributed by atoms with van der Waals surface area (Å²) in [5, 5.41) is 3.98. The molecule has 29 heavy (non-hydrogen) atoms. The number of ether oxygens (including phenoxy) is 1. The largest absolute Gasteiger partial charge is 0.423 e. The predicted octanol–water partition coefficient (Wildman–Crippen LogP) is 4.38. The highest BCUT2D eigenvalue weighted by Gasteiger charge is 2.06. The molecule has 1 amide bonds. The summed E-state index contributed by atoms with van der Waals surface area (Å²) in [5.41, 5.74) is 5.46. The number of carbonyl (C=O) groups is 2. The molecule has 0 fully saturated rings. The molecule has 5 heteroatoms. The molecule has 1 N–H and O–H groups in total. The van der Waals surface area contributed by atoms with E-state index < -0.39 is 5.97 Å². The van der Waals surface area contributed by atoms with Gasteiger partial charge in [0.15, 0.2) is 0 Å². The molecule has 144 valence electrons. The lowest BCUT2D eigenvalue weighted by molar-refractivity contribution is -0.128. The van der Waals surface area contributed by atoms with Crippen LogP contribution >= 0.6 is 0 Å². The van der Waals surface area contributed by atoms with Crippen LogP contribution in [0.25, 0.3) is 6.08 Å². The third-order valence-electron chi connectivity index (χ3n) is 3.99. The van der Waals surface area contributed by atoms with E-state index in [4.69, 9.17) is 4.74 Å². The summed E-state index contributed by atoms with van der Waals surface area (Å²) in [7, 11) is 0. The number of nitrogens with zero attached hydrogens (tertiary/aromatic N) is 1. The molecule has 3 aromatic carbocycles. The number of para-hydroxylation sites is 1. The highest BCUT2D eigenvalue weighted by molar-refractivity contribution is 5.95. The molecule has 5 nitrogen and oxygen atoms in total. The third kappa shape index (κ3) is 6.01. The van der Waals surface area contributed by atoms with Crippen molar-refractivity contribution >= 4 is 24.2 Å². The Labute approximate surface area is 169 Å². The first-order valence-corrected chi connectivity index (χ1v) is 9.06. The topological polar surface area (TPSA) is 67.8 Å². The van der Waals surface area contributed by atoms with Gasteiger partial charge in [0.25, 0.3) is 5.91 Å². The number of hydrazone groups is 1. The maximum Gasteiger partial charge on any atom is 0.336 e. The van der Waals surface area contributed by atoms with Crippen LogP contribution in [0.3, 0.4) is 0 Å². The zero-order chi connectivity index (χ0) is 20.5. The Morgan fingerprint density at radius 2 is 1.69 bits per heavy atom. The van der Waals surface area contributed by atoms with E-state index in [1.54, 1.807) is 42.5 Å². The highest BCUT2D eigenvalue weighted by Crippen LogP contribution is 2.16. The monoisotopic (exact) mass is 384 g/mol. The summed E-state index contributed by atoms with van der Waals surface area (Å²) in [6.07, 6.45) is 4.49. The predicted molar refractivity (Wildman–Crippen MR) is 114 cm³/mol. The number of rotatable bonds is 6. The van der Waals surface area contributed by atoms with Crippen LogP contribution in [-0.4, -0.2) is 18.1 Å². The van der Waals surface area contributed by atoms with Crippen molar-refractivity contribution in [2.24, 2.45) is 5.10 Å². The molecule has 0 aliphatic carbocycles. The number of hydrogen-bond donors (Lipinski definition) is 1. The van der Waals surface area contributed by atoms with Gasteiger partial charge in [0.2, 0.25) is 0 Å². The second-order valence-electron chi connectivity index (χ2n) is 6.27. The molecule has 0 saturated heterocycles. The van der Waals surface area contributed by atoms with E-state index in [2.05, 4.69) is 10.5 Å². The van der Waals surface area contributed by atoms with Crippen molar-refractivity contribution in [2.45, 2.75) is 6.92 Å². The molecule has 0 heterocycles. The van der Waals surface area contributed by atoms with Crippen LogP contribution in [-0.2, 0) is 4.79 Å². The summed E-state index contributed by atoms with van der Waals surface area (Å²) in [5.74, 6) is -0.465. The normalized spacial score (nSPS) is 10.9. The number of carbonyl (C=O) groups excluding carboxylic acids is 2. The van der Waals surface area contributed by atoms with Crippen LogP contribution in [0, 0.1) is 6.92 Å². The van der Waals surface area contributed by atoms with Crippen molar-refractivity contribution in [2.75, 3.05) is 0 Å². The molecule has 0 aromatic heterocycles. The average Bonchev–Trinajstić information content (AvgIpc) is 2.74. The highest BCUT2D eigenvalue weighted by atomic mass is 16.5. The fourth-order valence-electron chi connectivity index (χ4n) is 2.56. The van der Waals surface area contributed by atoms with E-state index in [-0.39, 0.29) is 5.91 Å². The molecule has 0 unspecified atom stereocenters. The van der Waals surface area contributed by atoms with Gasteiger partial charge in [0.05, 0.1) is 6.21 Å². The van der Waals surface area contributed by atoms with Crippen molar-refractivity contribution in [3.8, 4) is 5.75 Å². The maximum absolute atomic E-state index is 12.2. The van der Waals surface area contributed by atoms with Crippen LogP contribution in [0.4, 0.5) is 0 Å². The van der Waals surface area contributed by atoms with Crippen molar-refractivity contribution in [1.82, 2.24) is 5.43 Å². The molecule has 0 radical (unpaired) electrons. The second-order valence-corrected chi connectivity index (χ2v) is 6.27. The lowest BCUT2D eigenvalue weighted by atomic mass is 10.1. The minimum absolute atomic E-state index is 0.315. The first-order chi connectivity index (χ1) is 14.1. The Balaban J connectivity index is 1.64. The number of amides is 1. The van der Waals surface area contributed by atoms with Gasteiger partial charge in [-0.15, -0.1) is 0 Å². The maximum atomic E-state index is 12.2. The fraction of sp³-hybridized carbons (Fsp3) is 0.0417. The van der Waals surface area contributed by atoms with Gasteiger partial charge in [-0.2, -0.15) is 5.10 Å². The Kier molecular flexibility index (Phi) is 6.68. The van der Waals surface area contributed by atoms with Crippen LogP contribution in [0.2, 0.25) is 0 Å². The zero-order valence-corrected chi connectivity index (χ0v) is 15.9. The Morgan fingerprint density at radius 3 is 2.48 bits per heavy atom. The van der Waals surface area contributed by atoms with E-state index >= 15 is 0 Å². The molecule has 3 rings (SSSR count). The third-order valence-corrected chi connectivity index (χ3v) is 3.99. The molecule has 0 aliphatic rings. The van der Waals surface area contributed by atoms with E-state index in [0.29, 0.717) is 16.9 Å². The first-order valence-electron chi connectivity index (χ1n) is 9.06. The lowest BCUT2D eigenvalue weighted by Gasteiger charge is -2.05. The van der Waals surface area contributed by atoms with Crippen molar-refractivity contribution < 1.29 is 14.3 Å². The van der Waals surface area contributed by atoms with E-state index in [1.807, 2.05) is 49.4 Å². The molecule has 3 aromatic rings. The van der Waals surface area contributed by atoms with Crippen LogP contribution < -0.4 is 10.2 Å². The Bertz CT molecular complexity index is 1060. The van der Waals surface area contributed by atoms with Gasteiger partial charge < -0.3 is 4.74 Å². The molecule has 0 atom stereocenters. The Morgan fingerprint density at radius 1 is 0.931 bits per heavy atom. The second kappa shape index (κ2) is 9.80. The van der Waals surface area contributed by atoms with Crippen LogP contribution in [0.15, 0.2) is 90.0 Å². The molecule has 0 saturated carbocycles. The van der Waals surface area contributed by atoms with Gasteiger partial charge in [-0.3, -0.25) is 4.79 Å². The number of aryl methyl sites for hydroxylation is 1. The zero-order valence-electron chi connectivity index (χ0n) is 15.9. The van der Waals surface area contributed by atoms with Crippen molar-refractivity contribution in [1.29, 1.82) is 0 Å². The van der Waals surface area contributed by atoms with Gasteiger partial charge in [-0.1, -0.05) is 60.2 Å². The van der Waals surface area contributed by atoms with Gasteiger partial charge in [0, 0.05) is 17.2 Å². The smallest absolute Gasteiger partial charge is 0.336 e. The summed E-state index contributed by atoms with van der Waals surface area (Å²) in [4.78, 5) is 24.3. The summed E-state index contributed by atoms with van der Waals surface area (Å²) < 4.78 is 5.40. The minimum Gasteiger partial charge on any atom is -0.423 e. The van der Waals surface area contributed by atoms with Crippen LogP contribution in [0.5, 0.6) is 5.75 Å². The quantitative estimate of drug-likeness (QED) is 0.225. The molecular formula is C24H20N2O3. The summed E-state index contributed by atoms with van der Waals surface area (Å²) >= 11 is 0. The molecule has 0 spiro atoms. The number of hydrogen-bond acceptors (Lipinski definition) is 4. The van der Waals surface area contributed by atoms with Crippen LogP contribution in [0.1, 0.15) is 27.0 Å². The Hall–Kier alpha value is -3.99. The standard InChI is InChI=1S/C24H20N2O3/c1-18-8-7-12-20(16-18)24(28)26-25-17-21-11-5-6-13-22(21)29-23(27)15-14-19-9-3-2-4-10-19/h2-17H,1H3,(H,26,28)/b15-14+,25-17-. The SMILES string of the molecule is Cc1cccc(C(=O)N/N=C\c2ccccc2OC(=O)/C=C/c2ccccc2)c1. The van der Waals surface area contributed by atoms with Crippen molar-refractivity contribution in [3.05, 3.63) is 107 Å². The van der Waals surface area contributed by atoms with E-state index in [9.17, 15) is 9.59 Å². The van der Waals surface area contributed by atoms with E-state index in [0.717, 1.165) is 11.1 Å².